The van der Waals surface area contributed by atoms with Crippen LogP contribution in [0.2, 0.25) is 0 Å². The van der Waals surface area contributed by atoms with Crippen LogP contribution < -0.4 is 5.56 Å². The monoisotopic (exact) mass is 344 g/mol. The smallest absolute Gasteiger partial charge is 0.270 e. The summed E-state index contributed by atoms with van der Waals surface area (Å²) >= 11 is 0. The Hall–Kier alpha value is -2.34. The molecule has 3 rings (SSSR count). The van der Waals surface area contributed by atoms with Crippen molar-refractivity contribution in [3.63, 3.8) is 0 Å². The quantitative estimate of drug-likeness (QED) is 0.924. The lowest BCUT2D eigenvalue weighted by Gasteiger charge is -2.31. The molecule has 6 nitrogen and oxygen atoms in total. The highest BCUT2D eigenvalue weighted by Gasteiger charge is 2.30. The topological polar surface area (TPSA) is 75.7 Å². The Labute approximate surface area is 146 Å². The summed E-state index contributed by atoms with van der Waals surface area (Å²) < 4.78 is 6.67. The van der Waals surface area contributed by atoms with E-state index in [1.54, 1.807) is 31.3 Å². The lowest BCUT2D eigenvalue weighted by molar-refractivity contribution is 0.0547. The Kier molecular flexibility index (Phi) is 5.38. The van der Waals surface area contributed by atoms with Gasteiger partial charge in [-0.15, -0.1) is 0 Å². The number of hydrogen-bond acceptors (Lipinski definition) is 4. The van der Waals surface area contributed by atoms with Crippen molar-refractivity contribution < 1.29 is 14.3 Å². The van der Waals surface area contributed by atoms with Gasteiger partial charge < -0.3 is 19.0 Å². The average Bonchev–Trinajstić information content (AvgIpc) is 3.05. The Bertz CT molecular complexity index is 766. The van der Waals surface area contributed by atoms with Crippen molar-refractivity contribution in [2.75, 3.05) is 6.54 Å². The number of furan rings is 1. The molecule has 0 aliphatic carbocycles. The number of aliphatic hydroxyl groups is 1. The maximum absolute atomic E-state index is 13.1. The van der Waals surface area contributed by atoms with Gasteiger partial charge in [-0.3, -0.25) is 9.59 Å². The largest absolute Gasteiger partial charge is 0.467 e. The predicted molar refractivity (Wildman–Crippen MR) is 93.3 cm³/mol. The van der Waals surface area contributed by atoms with Crippen molar-refractivity contribution >= 4 is 5.91 Å². The number of hydrogen-bond donors (Lipinski definition) is 1. The van der Waals surface area contributed by atoms with Crippen LogP contribution in [-0.4, -0.2) is 33.1 Å². The zero-order valence-corrected chi connectivity index (χ0v) is 14.4. The molecule has 0 saturated carbocycles. The number of pyridine rings is 1. The van der Waals surface area contributed by atoms with Crippen molar-refractivity contribution in [2.24, 2.45) is 7.05 Å². The van der Waals surface area contributed by atoms with Crippen LogP contribution >= 0.6 is 0 Å². The van der Waals surface area contributed by atoms with Gasteiger partial charge in [-0.25, -0.2) is 0 Å². The molecule has 0 radical (unpaired) electrons. The third-order valence-electron chi connectivity index (χ3n) is 4.91. The summed E-state index contributed by atoms with van der Waals surface area (Å²) in [5, 5.41) is 10.4. The van der Waals surface area contributed by atoms with Crippen molar-refractivity contribution in [3.8, 4) is 0 Å². The number of aromatic nitrogens is 1. The fraction of sp³-hybridized carbons (Fsp3) is 0.474. The van der Waals surface area contributed by atoms with Gasteiger partial charge in [0.15, 0.2) is 0 Å². The SMILES string of the molecule is Cn1c(C(=O)N2CCCCCC2CC(O)c2ccco2)cccc1=O. The van der Waals surface area contributed by atoms with Crippen molar-refractivity contribution in [2.45, 2.75) is 44.2 Å². The Morgan fingerprint density at radius 3 is 2.88 bits per heavy atom. The third kappa shape index (κ3) is 3.85. The van der Waals surface area contributed by atoms with Crippen LogP contribution in [-0.2, 0) is 7.05 Å². The minimum atomic E-state index is -0.743. The number of carbonyl (C=O) groups is 1. The van der Waals surface area contributed by atoms with Crippen molar-refractivity contribution in [1.82, 2.24) is 9.47 Å². The molecule has 6 heteroatoms. The van der Waals surface area contributed by atoms with E-state index in [2.05, 4.69) is 0 Å². The summed E-state index contributed by atoms with van der Waals surface area (Å²) in [6.45, 7) is 0.636. The first kappa shape index (κ1) is 17.5. The van der Waals surface area contributed by atoms with Gasteiger partial charge in [0.25, 0.3) is 11.5 Å². The lowest BCUT2D eigenvalue weighted by Crippen LogP contribution is -2.42. The number of rotatable bonds is 4. The normalized spacial score (nSPS) is 19.4. The molecule has 1 fully saturated rings. The van der Waals surface area contributed by atoms with Crippen LogP contribution in [0.3, 0.4) is 0 Å². The molecule has 2 unspecified atom stereocenters. The molecule has 134 valence electrons. The van der Waals surface area contributed by atoms with Crippen LogP contribution in [0.5, 0.6) is 0 Å². The molecule has 25 heavy (non-hydrogen) atoms. The maximum atomic E-state index is 13.1. The van der Waals surface area contributed by atoms with E-state index in [9.17, 15) is 14.7 Å². The number of likely N-dealkylation sites (tertiary alicyclic amines) is 1. The summed E-state index contributed by atoms with van der Waals surface area (Å²) in [5.74, 6) is 0.363. The number of aliphatic hydroxyl groups excluding tert-OH is 1. The van der Waals surface area contributed by atoms with Crippen LogP contribution in [0.4, 0.5) is 0 Å². The first-order valence-corrected chi connectivity index (χ1v) is 8.76. The van der Waals surface area contributed by atoms with Gasteiger partial charge in [0, 0.05) is 32.1 Å². The van der Waals surface area contributed by atoms with E-state index >= 15 is 0 Å². The first-order chi connectivity index (χ1) is 12.1. The number of amides is 1. The average molecular weight is 344 g/mol. The van der Waals surface area contributed by atoms with E-state index in [0.29, 0.717) is 24.4 Å². The molecule has 0 aromatic carbocycles. The summed E-state index contributed by atoms with van der Waals surface area (Å²) in [6, 6.07) is 8.14. The van der Waals surface area contributed by atoms with E-state index in [1.807, 2.05) is 4.90 Å². The van der Waals surface area contributed by atoms with E-state index in [-0.39, 0.29) is 17.5 Å². The van der Waals surface area contributed by atoms with Gasteiger partial charge in [0.1, 0.15) is 17.6 Å². The predicted octanol–water partition coefficient (Wildman–Crippen LogP) is 2.49. The van der Waals surface area contributed by atoms with Gasteiger partial charge in [0.2, 0.25) is 0 Å². The highest BCUT2D eigenvalue weighted by molar-refractivity contribution is 5.92. The van der Waals surface area contributed by atoms with Crippen LogP contribution in [0, 0.1) is 0 Å². The minimum Gasteiger partial charge on any atom is -0.467 e. The van der Waals surface area contributed by atoms with Gasteiger partial charge in [-0.2, -0.15) is 0 Å². The molecule has 2 aromatic heterocycles. The molecule has 1 aliphatic heterocycles. The standard InChI is InChI=1S/C19H24N2O4/c1-20-15(8-5-10-18(20)23)19(24)21-11-4-2-3-7-14(21)13-16(22)17-9-6-12-25-17/h5-6,8-10,12,14,16,22H,2-4,7,11,13H2,1H3. The highest BCUT2D eigenvalue weighted by atomic mass is 16.4. The summed E-state index contributed by atoms with van der Waals surface area (Å²) in [4.78, 5) is 26.7. The number of nitrogens with zero attached hydrogens (tertiary/aromatic N) is 2. The summed E-state index contributed by atoms with van der Waals surface area (Å²) in [5.41, 5.74) is 0.180. The fourth-order valence-corrected chi connectivity index (χ4v) is 3.47. The van der Waals surface area contributed by atoms with E-state index in [1.165, 1.54) is 16.9 Å². The molecule has 3 heterocycles. The Balaban J connectivity index is 1.83. The molecule has 2 atom stereocenters. The molecule has 0 bridgehead atoms. The molecule has 0 spiro atoms. The second kappa shape index (κ2) is 7.70. The minimum absolute atomic E-state index is 0.0783. The molecular weight excluding hydrogens is 320 g/mol. The molecule has 1 saturated heterocycles. The van der Waals surface area contributed by atoms with Gasteiger partial charge in [-0.05, 0) is 31.0 Å². The molecule has 1 aliphatic rings. The zero-order valence-electron chi connectivity index (χ0n) is 14.4. The fourth-order valence-electron chi connectivity index (χ4n) is 3.47. The van der Waals surface area contributed by atoms with Gasteiger partial charge in [-0.1, -0.05) is 18.9 Å². The summed E-state index contributed by atoms with van der Waals surface area (Å²) in [7, 11) is 1.61. The second-order valence-corrected chi connectivity index (χ2v) is 6.58. The summed E-state index contributed by atoms with van der Waals surface area (Å²) in [6.07, 6.45) is 5.07. The second-order valence-electron chi connectivity index (χ2n) is 6.58. The Morgan fingerprint density at radius 2 is 2.12 bits per heavy atom. The van der Waals surface area contributed by atoms with Crippen LogP contribution in [0.15, 0.2) is 45.8 Å². The van der Waals surface area contributed by atoms with Crippen LogP contribution in [0.1, 0.15) is 54.5 Å². The highest BCUT2D eigenvalue weighted by Crippen LogP contribution is 2.27. The van der Waals surface area contributed by atoms with Crippen LogP contribution in [0.25, 0.3) is 0 Å². The first-order valence-electron chi connectivity index (χ1n) is 8.76. The molecular formula is C19H24N2O4. The number of carbonyl (C=O) groups excluding carboxylic acids is 1. The molecule has 1 N–H and O–H groups in total. The van der Waals surface area contributed by atoms with Gasteiger partial charge >= 0.3 is 0 Å². The molecule has 2 aromatic rings. The van der Waals surface area contributed by atoms with Crippen molar-refractivity contribution in [3.05, 3.63) is 58.4 Å². The van der Waals surface area contributed by atoms with E-state index in [0.717, 1.165) is 25.7 Å². The van der Waals surface area contributed by atoms with Gasteiger partial charge in [0.05, 0.1) is 6.26 Å². The van der Waals surface area contributed by atoms with Crippen molar-refractivity contribution in [1.29, 1.82) is 0 Å². The van der Waals surface area contributed by atoms with E-state index in [4.69, 9.17) is 4.42 Å². The Morgan fingerprint density at radius 1 is 1.28 bits per heavy atom. The maximum Gasteiger partial charge on any atom is 0.270 e. The lowest BCUT2D eigenvalue weighted by atomic mass is 10.0. The van der Waals surface area contributed by atoms with E-state index < -0.39 is 6.10 Å². The zero-order chi connectivity index (χ0) is 17.8. The molecule has 1 amide bonds. The third-order valence-corrected chi connectivity index (χ3v) is 4.91.